The Morgan fingerprint density at radius 3 is 2.48 bits per heavy atom. The van der Waals surface area contributed by atoms with E-state index in [0.29, 0.717) is 0 Å². The van der Waals surface area contributed by atoms with Crippen molar-refractivity contribution < 1.29 is 19.1 Å². The fraction of sp³-hybridized carbons (Fsp3) is 0.273. The van der Waals surface area contributed by atoms with Gasteiger partial charge in [0.15, 0.2) is 6.04 Å². The highest BCUT2D eigenvalue weighted by molar-refractivity contribution is 5.84. The Balaban J connectivity index is 1.85. The largest absolute Gasteiger partial charge is 0.461 e. The average molecular weight is 365 g/mol. The smallest absolute Gasteiger partial charge is 0.411 e. The number of amides is 1. The summed E-state index contributed by atoms with van der Waals surface area (Å²) >= 11 is 0. The minimum absolute atomic E-state index is 0.111. The van der Waals surface area contributed by atoms with E-state index in [1.54, 1.807) is 6.08 Å². The monoisotopic (exact) mass is 365 g/mol. The molecule has 27 heavy (non-hydrogen) atoms. The lowest BCUT2D eigenvalue weighted by atomic mass is 10.0. The molecule has 0 spiro atoms. The van der Waals surface area contributed by atoms with Gasteiger partial charge >= 0.3 is 12.1 Å². The van der Waals surface area contributed by atoms with Gasteiger partial charge in [-0.3, -0.25) is 4.90 Å². The van der Waals surface area contributed by atoms with Gasteiger partial charge in [-0.25, -0.2) is 9.59 Å². The maximum Gasteiger partial charge on any atom is 0.411 e. The lowest BCUT2D eigenvalue weighted by Crippen LogP contribution is -2.52. The molecule has 2 aromatic carbocycles. The van der Waals surface area contributed by atoms with Crippen LogP contribution in [0.5, 0.6) is 0 Å². The van der Waals surface area contributed by atoms with E-state index in [9.17, 15) is 9.59 Å². The first-order chi connectivity index (χ1) is 13.2. The molecule has 0 saturated carbocycles. The number of carbonyl (C=O) groups is 2. The zero-order chi connectivity index (χ0) is 19.1. The van der Waals surface area contributed by atoms with Crippen molar-refractivity contribution in [2.75, 3.05) is 6.61 Å². The fourth-order valence-electron chi connectivity index (χ4n) is 3.04. The van der Waals surface area contributed by atoms with E-state index in [-0.39, 0.29) is 13.2 Å². The lowest BCUT2D eigenvalue weighted by Gasteiger charge is -2.38. The van der Waals surface area contributed by atoms with E-state index in [4.69, 9.17) is 9.47 Å². The molecule has 5 nitrogen and oxygen atoms in total. The van der Waals surface area contributed by atoms with Gasteiger partial charge in [0.05, 0.1) is 6.04 Å². The van der Waals surface area contributed by atoms with E-state index in [1.807, 2.05) is 73.7 Å². The predicted molar refractivity (Wildman–Crippen MR) is 102 cm³/mol. The van der Waals surface area contributed by atoms with Crippen LogP contribution in [-0.2, 0) is 20.9 Å². The van der Waals surface area contributed by atoms with Crippen molar-refractivity contribution in [1.82, 2.24) is 4.90 Å². The number of hydrogen-bond acceptors (Lipinski definition) is 4. The summed E-state index contributed by atoms with van der Waals surface area (Å²) in [4.78, 5) is 26.8. The first-order valence-corrected chi connectivity index (χ1v) is 9.08. The SMILES string of the molecule is CC/C=C/[C@@H]1C(=O)OC[C@@H](c2ccccc2)N1C(=O)OCc1ccccc1. The number of cyclic esters (lactones) is 1. The second kappa shape index (κ2) is 9.03. The van der Waals surface area contributed by atoms with Crippen molar-refractivity contribution in [1.29, 1.82) is 0 Å². The van der Waals surface area contributed by atoms with Crippen molar-refractivity contribution in [3.05, 3.63) is 83.9 Å². The summed E-state index contributed by atoms with van der Waals surface area (Å²) in [5, 5.41) is 0. The number of benzene rings is 2. The molecule has 0 unspecified atom stereocenters. The molecule has 1 heterocycles. The number of hydrogen-bond donors (Lipinski definition) is 0. The van der Waals surface area contributed by atoms with E-state index in [2.05, 4.69) is 0 Å². The predicted octanol–water partition coefficient (Wildman–Crippen LogP) is 4.26. The van der Waals surface area contributed by atoms with Crippen LogP contribution in [-0.4, -0.2) is 29.6 Å². The molecule has 1 saturated heterocycles. The fourth-order valence-corrected chi connectivity index (χ4v) is 3.04. The Labute approximate surface area is 159 Å². The third-order valence-electron chi connectivity index (χ3n) is 4.41. The minimum Gasteiger partial charge on any atom is -0.461 e. The second-order valence-electron chi connectivity index (χ2n) is 6.29. The number of rotatable bonds is 5. The summed E-state index contributed by atoms with van der Waals surface area (Å²) < 4.78 is 10.9. The highest BCUT2D eigenvalue weighted by Crippen LogP contribution is 2.29. The third kappa shape index (κ3) is 4.56. The minimum atomic E-state index is -0.799. The van der Waals surface area contributed by atoms with Crippen LogP contribution in [0.25, 0.3) is 0 Å². The molecule has 1 aliphatic heterocycles. The molecule has 0 bridgehead atoms. The highest BCUT2D eigenvalue weighted by atomic mass is 16.6. The zero-order valence-corrected chi connectivity index (χ0v) is 15.3. The highest BCUT2D eigenvalue weighted by Gasteiger charge is 2.41. The van der Waals surface area contributed by atoms with Crippen LogP contribution in [0.4, 0.5) is 4.79 Å². The van der Waals surface area contributed by atoms with Crippen LogP contribution in [0.1, 0.15) is 30.5 Å². The molecule has 5 heteroatoms. The van der Waals surface area contributed by atoms with Gasteiger partial charge in [-0.2, -0.15) is 0 Å². The second-order valence-corrected chi connectivity index (χ2v) is 6.29. The molecule has 0 N–H and O–H groups in total. The molecule has 2 atom stereocenters. The molecule has 140 valence electrons. The number of nitrogens with zero attached hydrogens (tertiary/aromatic N) is 1. The molecule has 0 aromatic heterocycles. The number of esters is 1. The van der Waals surface area contributed by atoms with E-state index in [0.717, 1.165) is 17.5 Å². The Morgan fingerprint density at radius 1 is 1.15 bits per heavy atom. The van der Waals surface area contributed by atoms with E-state index in [1.165, 1.54) is 4.90 Å². The van der Waals surface area contributed by atoms with Gasteiger partial charge in [0.25, 0.3) is 0 Å². The van der Waals surface area contributed by atoms with Crippen LogP contribution in [0.15, 0.2) is 72.8 Å². The average Bonchev–Trinajstić information content (AvgIpc) is 2.72. The standard InChI is InChI=1S/C22H23NO4/c1-2-3-14-19-21(24)26-16-20(18-12-8-5-9-13-18)23(19)22(25)27-15-17-10-6-4-7-11-17/h3-14,19-20H,2,15-16H2,1H3/b14-3+/t19-,20+/m1/s1. The van der Waals surface area contributed by atoms with Gasteiger partial charge in [0.2, 0.25) is 0 Å². The number of allylic oxidation sites excluding steroid dienone is 1. The summed E-state index contributed by atoms with van der Waals surface area (Å²) in [5.74, 6) is -0.441. The number of carbonyl (C=O) groups excluding carboxylic acids is 2. The molecule has 0 radical (unpaired) electrons. The topological polar surface area (TPSA) is 55.8 Å². The normalized spacial score (nSPS) is 19.7. The van der Waals surface area contributed by atoms with Crippen molar-refractivity contribution >= 4 is 12.1 Å². The van der Waals surface area contributed by atoms with Gasteiger partial charge in [-0.05, 0) is 17.5 Å². The molecule has 1 fully saturated rings. The summed E-state index contributed by atoms with van der Waals surface area (Å²) in [7, 11) is 0. The Morgan fingerprint density at radius 2 is 1.81 bits per heavy atom. The van der Waals surface area contributed by atoms with Gasteiger partial charge < -0.3 is 9.47 Å². The molecule has 1 aliphatic rings. The van der Waals surface area contributed by atoms with Crippen molar-refractivity contribution in [3.63, 3.8) is 0 Å². The van der Waals surface area contributed by atoms with E-state index < -0.39 is 24.1 Å². The summed E-state index contributed by atoms with van der Waals surface area (Å²) in [6.45, 7) is 2.23. The maximum absolute atomic E-state index is 12.9. The molecule has 0 aliphatic carbocycles. The van der Waals surface area contributed by atoms with Gasteiger partial charge in [0.1, 0.15) is 13.2 Å². The summed E-state index contributed by atoms with van der Waals surface area (Å²) in [6, 6.07) is 17.8. The quantitative estimate of drug-likeness (QED) is 0.587. The van der Waals surface area contributed by atoms with Crippen molar-refractivity contribution in [2.24, 2.45) is 0 Å². The Bertz CT molecular complexity index is 788. The van der Waals surface area contributed by atoms with Crippen LogP contribution in [0.2, 0.25) is 0 Å². The first kappa shape index (κ1) is 18.7. The Kier molecular flexibility index (Phi) is 6.26. The zero-order valence-electron chi connectivity index (χ0n) is 15.3. The summed E-state index contributed by atoms with van der Waals surface area (Å²) in [5.41, 5.74) is 1.79. The van der Waals surface area contributed by atoms with Crippen LogP contribution >= 0.6 is 0 Å². The molecular formula is C22H23NO4. The molecule has 3 rings (SSSR count). The number of ether oxygens (including phenoxy) is 2. The maximum atomic E-state index is 12.9. The molecule has 2 aromatic rings. The first-order valence-electron chi connectivity index (χ1n) is 9.08. The molecule has 1 amide bonds. The van der Waals surface area contributed by atoms with Gasteiger partial charge in [-0.15, -0.1) is 0 Å². The summed E-state index contributed by atoms with van der Waals surface area (Å²) in [6.07, 6.45) is 3.79. The Hall–Kier alpha value is -3.08. The van der Waals surface area contributed by atoms with Crippen molar-refractivity contribution in [3.8, 4) is 0 Å². The molecular weight excluding hydrogens is 342 g/mol. The number of morpholine rings is 1. The van der Waals surface area contributed by atoms with Crippen LogP contribution < -0.4 is 0 Å². The van der Waals surface area contributed by atoms with Crippen LogP contribution in [0, 0.1) is 0 Å². The third-order valence-corrected chi connectivity index (χ3v) is 4.41. The van der Waals surface area contributed by atoms with Gasteiger partial charge in [-0.1, -0.05) is 79.7 Å². The van der Waals surface area contributed by atoms with Gasteiger partial charge in [0, 0.05) is 0 Å². The lowest BCUT2D eigenvalue weighted by molar-refractivity contribution is -0.158. The van der Waals surface area contributed by atoms with Crippen molar-refractivity contribution in [2.45, 2.75) is 32.0 Å². The van der Waals surface area contributed by atoms with Crippen LogP contribution in [0.3, 0.4) is 0 Å². The van der Waals surface area contributed by atoms with E-state index >= 15 is 0 Å².